The van der Waals surface area contributed by atoms with Crippen molar-refractivity contribution in [3.8, 4) is 0 Å². The molecule has 6 heteroatoms. The quantitative estimate of drug-likeness (QED) is 0.832. The maximum atomic E-state index is 11.9. The Bertz CT molecular complexity index is 674. The highest BCUT2D eigenvalue weighted by Gasteiger charge is 2.06. The smallest absolute Gasteiger partial charge is 0.328 e. The van der Waals surface area contributed by atoms with Crippen molar-refractivity contribution in [3.05, 3.63) is 52.0 Å². The minimum absolute atomic E-state index is 0.130. The number of nitrogens with one attached hydrogen (secondary N) is 1. The second-order valence-electron chi connectivity index (χ2n) is 4.38. The van der Waals surface area contributed by atoms with Gasteiger partial charge in [0, 0.05) is 17.1 Å². The molecule has 0 saturated carbocycles. The maximum absolute atomic E-state index is 11.9. The number of carbonyl (C=O) groups excluding carboxylic acids is 1. The summed E-state index contributed by atoms with van der Waals surface area (Å²) in [5, 5.41) is 14.1. The molecule has 0 aliphatic heterocycles. The Kier molecular flexibility index (Phi) is 4.84. The fraction of sp³-hybridized carbons (Fsp3) is 0.133. The van der Waals surface area contributed by atoms with Gasteiger partial charge < -0.3 is 10.4 Å². The van der Waals surface area contributed by atoms with Crippen molar-refractivity contribution in [2.24, 2.45) is 0 Å². The van der Waals surface area contributed by atoms with Crippen molar-refractivity contribution < 1.29 is 14.7 Å². The van der Waals surface area contributed by atoms with Crippen LogP contribution in [0.3, 0.4) is 0 Å². The van der Waals surface area contributed by atoms with E-state index in [1.54, 1.807) is 24.3 Å². The van der Waals surface area contributed by atoms with E-state index in [0.29, 0.717) is 5.69 Å². The third kappa shape index (κ3) is 4.85. The van der Waals surface area contributed by atoms with E-state index in [1.165, 1.54) is 17.4 Å². The standard InChI is InChI=1S/C15H14N2O3S/c1-10-16-13(9-21-10)8-14(18)17-12-5-2-11(3-6-12)4-7-15(19)20/h2-7,9H,8H2,1H3,(H,17,18)(H,19,20)/b7-4+. The first kappa shape index (κ1) is 14.9. The second kappa shape index (κ2) is 6.81. The SMILES string of the molecule is Cc1nc(CC(=O)Nc2ccc(/C=C/C(=O)O)cc2)cs1. The molecule has 2 rings (SSSR count). The van der Waals surface area contributed by atoms with Gasteiger partial charge in [0.05, 0.1) is 17.1 Å². The summed E-state index contributed by atoms with van der Waals surface area (Å²) < 4.78 is 0. The van der Waals surface area contributed by atoms with Gasteiger partial charge >= 0.3 is 5.97 Å². The number of rotatable bonds is 5. The van der Waals surface area contributed by atoms with Crippen molar-refractivity contribution >= 4 is 35.0 Å². The number of carbonyl (C=O) groups is 2. The number of carboxylic acid groups (broad SMARTS) is 1. The number of hydrogen-bond acceptors (Lipinski definition) is 4. The lowest BCUT2D eigenvalue weighted by molar-refractivity contribution is -0.131. The van der Waals surface area contributed by atoms with Crippen LogP contribution >= 0.6 is 11.3 Å². The van der Waals surface area contributed by atoms with Crippen molar-refractivity contribution in [2.45, 2.75) is 13.3 Å². The van der Waals surface area contributed by atoms with Crippen LogP contribution in [0.2, 0.25) is 0 Å². The fourth-order valence-corrected chi connectivity index (χ4v) is 2.32. The Morgan fingerprint density at radius 3 is 2.62 bits per heavy atom. The van der Waals surface area contributed by atoms with E-state index >= 15 is 0 Å². The molecule has 0 saturated heterocycles. The molecule has 1 heterocycles. The zero-order chi connectivity index (χ0) is 15.2. The molecule has 1 aromatic heterocycles. The molecule has 0 radical (unpaired) electrons. The highest BCUT2D eigenvalue weighted by Crippen LogP contribution is 2.13. The van der Waals surface area contributed by atoms with Crippen molar-refractivity contribution in [1.82, 2.24) is 4.98 Å². The van der Waals surface area contributed by atoms with E-state index in [2.05, 4.69) is 10.3 Å². The van der Waals surface area contributed by atoms with Gasteiger partial charge in [-0.1, -0.05) is 12.1 Å². The van der Waals surface area contributed by atoms with E-state index in [9.17, 15) is 9.59 Å². The minimum atomic E-state index is -0.995. The van der Waals surface area contributed by atoms with Crippen LogP contribution in [0.5, 0.6) is 0 Å². The molecule has 0 atom stereocenters. The topological polar surface area (TPSA) is 79.3 Å². The molecule has 0 fully saturated rings. The highest BCUT2D eigenvalue weighted by atomic mass is 32.1. The van der Waals surface area contributed by atoms with Crippen LogP contribution in [0.15, 0.2) is 35.7 Å². The fourth-order valence-electron chi connectivity index (χ4n) is 1.70. The molecule has 5 nitrogen and oxygen atoms in total. The van der Waals surface area contributed by atoms with Gasteiger partial charge in [0.2, 0.25) is 5.91 Å². The first-order chi connectivity index (χ1) is 10.0. The number of thiazole rings is 1. The van der Waals surface area contributed by atoms with Gasteiger partial charge in [0.15, 0.2) is 0 Å². The van der Waals surface area contributed by atoms with Crippen LogP contribution in [-0.4, -0.2) is 22.0 Å². The molecule has 108 valence electrons. The summed E-state index contributed by atoms with van der Waals surface area (Å²) in [6.07, 6.45) is 2.80. The van der Waals surface area contributed by atoms with Crippen molar-refractivity contribution in [3.63, 3.8) is 0 Å². The molecule has 0 spiro atoms. The molecule has 1 aromatic carbocycles. The number of aliphatic carboxylic acids is 1. The Morgan fingerprint density at radius 1 is 1.33 bits per heavy atom. The molecule has 0 aliphatic carbocycles. The first-order valence-electron chi connectivity index (χ1n) is 6.25. The largest absolute Gasteiger partial charge is 0.478 e. The van der Waals surface area contributed by atoms with Crippen LogP contribution in [-0.2, 0) is 16.0 Å². The molecule has 2 aromatic rings. The van der Waals surface area contributed by atoms with E-state index in [4.69, 9.17) is 5.11 Å². The van der Waals surface area contributed by atoms with Crippen LogP contribution in [0, 0.1) is 6.92 Å². The summed E-state index contributed by atoms with van der Waals surface area (Å²) in [6, 6.07) is 6.93. The predicted molar refractivity (Wildman–Crippen MR) is 82.3 cm³/mol. The molecular formula is C15H14N2O3S. The summed E-state index contributed by atoms with van der Waals surface area (Å²) in [7, 11) is 0. The molecule has 1 amide bonds. The zero-order valence-electron chi connectivity index (χ0n) is 11.4. The molecule has 21 heavy (non-hydrogen) atoms. The molecule has 0 unspecified atom stereocenters. The Labute approximate surface area is 126 Å². The number of hydrogen-bond donors (Lipinski definition) is 2. The second-order valence-corrected chi connectivity index (χ2v) is 5.44. The summed E-state index contributed by atoms with van der Waals surface area (Å²) in [5.41, 5.74) is 2.18. The molecular weight excluding hydrogens is 288 g/mol. The van der Waals surface area contributed by atoms with E-state index in [-0.39, 0.29) is 12.3 Å². The van der Waals surface area contributed by atoms with Gasteiger partial charge in [-0.3, -0.25) is 4.79 Å². The average molecular weight is 302 g/mol. The third-order valence-electron chi connectivity index (χ3n) is 2.62. The van der Waals surface area contributed by atoms with Gasteiger partial charge in [0.1, 0.15) is 0 Å². The lowest BCUT2D eigenvalue weighted by Crippen LogP contribution is -2.14. The normalized spacial score (nSPS) is 10.7. The number of amides is 1. The minimum Gasteiger partial charge on any atom is -0.478 e. The van der Waals surface area contributed by atoms with Crippen LogP contribution in [0.1, 0.15) is 16.3 Å². The van der Waals surface area contributed by atoms with Crippen LogP contribution in [0.25, 0.3) is 6.08 Å². The van der Waals surface area contributed by atoms with Crippen LogP contribution in [0.4, 0.5) is 5.69 Å². The van der Waals surface area contributed by atoms with Gasteiger partial charge in [0.25, 0.3) is 0 Å². The Hall–Kier alpha value is -2.47. The number of nitrogens with zero attached hydrogens (tertiary/aromatic N) is 1. The summed E-state index contributed by atoms with van der Waals surface area (Å²) in [6.45, 7) is 1.90. The lowest BCUT2D eigenvalue weighted by Gasteiger charge is -2.04. The number of carboxylic acids is 1. The maximum Gasteiger partial charge on any atom is 0.328 e. The first-order valence-corrected chi connectivity index (χ1v) is 7.13. The molecule has 0 aliphatic rings. The highest BCUT2D eigenvalue weighted by molar-refractivity contribution is 7.09. The average Bonchev–Trinajstić information content (AvgIpc) is 2.83. The Balaban J connectivity index is 1.93. The number of benzene rings is 1. The van der Waals surface area contributed by atoms with Crippen molar-refractivity contribution in [1.29, 1.82) is 0 Å². The Morgan fingerprint density at radius 2 is 2.05 bits per heavy atom. The van der Waals surface area contributed by atoms with Gasteiger partial charge in [-0.15, -0.1) is 11.3 Å². The predicted octanol–water partition coefficient (Wildman–Crippen LogP) is 2.73. The number of aryl methyl sites for hydroxylation is 1. The van der Waals surface area contributed by atoms with E-state index < -0.39 is 5.97 Å². The van der Waals surface area contributed by atoms with E-state index in [1.807, 2.05) is 12.3 Å². The van der Waals surface area contributed by atoms with Gasteiger partial charge in [-0.25, -0.2) is 9.78 Å². The van der Waals surface area contributed by atoms with E-state index in [0.717, 1.165) is 22.3 Å². The van der Waals surface area contributed by atoms with Crippen LogP contribution < -0.4 is 5.32 Å². The van der Waals surface area contributed by atoms with Gasteiger partial charge in [-0.2, -0.15) is 0 Å². The number of aromatic nitrogens is 1. The summed E-state index contributed by atoms with van der Waals surface area (Å²) in [5.74, 6) is -1.12. The molecule has 0 bridgehead atoms. The summed E-state index contributed by atoms with van der Waals surface area (Å²) >= 11 is 1.52. The lowest BCUT2D eigenvalue weighted by atomic mass is 10.2. The zero-order valence-corrected chi connectivity index (χ0v) is 12.2. The third-order valence-corrected chi connectivity index (χ3v) is 3.44. The summed E-state index contributed by atoms with van der Waals surface area (Å²) in [4.78, 5) is 26.5. The van der Waals surface area contributed by atoms with Gasteiger partial charge in [-0.05, 0) is 30.7 Å². The number of anilines is 1. The molecule has 2 N–H and O–H groups in total. The monoisotopic (exact) mass is 302 g/mol. The van der Waals surface area contributed by atoms with Crippen molar-refractivity contribution in [2.75, 3.05) is 5.32 Å².